The summed E-state index contributed by atoms with van der Waals surface area (Å²) in [7, 11) is 1.90. The van der Waals surface area contributed by atoms with E-state index in [9.17, 15) is 4.79 Å². The van der Waals surface area contributed by atoms with Gasteiger partial charge in [0.15, 0.2) is 0 Å². The van der Waals surface area contributed by atoms with Gasteiger partial charge in [0.1, 0.15) is 5.75 Å². The van der Waals surface area contributed by atoms with E-state index in [1.54, 1.807) is 10.6 Å². The van der Waals surface area contributed by atoms with Gasteiger partial charge in [0.25, 0.3) is 5.56 Å². The topological polar surface area (TPSA) is 43.3 Å². The number of aryl methyl sites for hydroxylation is 1. The summed E-state index contributed by atoms with van der Waals surface area (Å²) in [5.74, 6) is 0.861. The van der Waals surface area contributed by atoms with Crippen molar-refractivity contribution in [1.82, 2.24) is 9.88 Å². The lowest BCUT2D eigenvalue weighted by atomic mass is 10.1. The summed E-state index contributed by atoms with van der Waals surface area (Å²) in [6.07, 6.45) is 1.84. The second-order valence-corrected chi connectivity index (χ2v) is 5.01. The average Bonchev–Trinajstić information content (AvgIpc) is 2.48. The third-order valence-corrected chi connectivity index (χ3v) is 3.47. The highest BCUT2D eigenvalue weighted by atomic mass is 16.5. The highest BCUT2D eigenvalue weighted by molar-refractivity contribution is 5.36. The van der Waals surface area contributed by atoms with Crippen molar-refractivity contribution in [3.05, 3.63) is 64.1 Å². The SMILES string of the molecule is CCOc1ccccc1C(Cn1ccc(C)cc1=O)NC. The van der Waals surface area contributed by atoms with E-state index in [-0.39, 0.29) is 11.6 Å². The summed E-state index contributed by atoms with van der Waals surface area (Å²) in [5.41, 5.74) is 2.06. The van der Waals surface area contributed by atoms with E-state index >= 15 is 0 Å². The van der Waals surface area contributed by atoms with Gasteiger partial charge < -0.3 is 14.6 Å². The zero-order valence-electron chi connectivity index (χ0n) is 12.8. The third kappa shape index (κ3) is 3.73. The monoisotopic (exact) mass is 286 g/mol. The van der Waals surface area contributed by atoms with Gasteiger partial charge in [-0.25, -0.2) is 0 Å². The van der Waals surface area contributed by atoms with Crippen molar-refractivity contribution in [2.75, 3.05) is 13.7 Å². The maximum Gasteiger partial charge on any atom is 0.250 e. The molecule has 1 aromatic heterocycles. The first-order chi connectivity index (χ1) is 10.2. The van der Waals surface area contributed by atoms with Crippen LogP contribution in [0.25, 0.3) is 0 Å². The van der Waals surface area contributed by atoms with Gasteiger partial charge >= 0.3 is 0 Å². The number of ether oxygens (including phenoxy) is 1. The Hall–Kier alpha value is -2.07. The fourth-order valence-electron chi connectivity index (χ4n) is 2.35. The Bertz CT molecular complexity index is 649. The molecule has 112 valence electrons. The highest BCUT2D eigenvalue weighted by Gasteiger charge is 2.15. The average molecular weight is 286 g/mol. The van der Waals surface area contributed by atoms with Crippen molar-refractivity contribution in [3.63, 3.8) is 0 Å². The first-order valence-corrected chi connectivity index (χ1v) is 7.21. The van der Waals surface area contributed by atoms with E-state index in [0.717, 1.165) is 16.9 Å². The van der Waals surface area contributed by atoms with Crippen molar-refractivity contribution in [3.8, 4) is 5.75 Å². The normalized spacial score (nSPS) is 12.1. The molecule has 1 heterocycles. The Morgan fingerprint density at radius 3 is 2.71 bits per heavy atom. The molecule has 0 saturated carbocycles. The molecule has 2 rings (SSSR count). The summed E-state index contributed by atoms with van der Waals surface area (Å²) in [4.78, 5) is 12.0. The molecule has 0 aliphatic carbocycles. The molecule has 4 nitrogen and oxygen atoms in total. The first-order valence-electron chi connectivity index (χ1n) is 7.21. The fourth-order valence-corrected chi connectivity index (χ4v) is 2.35. The molecule has 0 radical (unpaired) electrons. The number of hydrogen-bond acceptors (Lipinski definition) is 3. The summed E-state index contributed by atoms with van der Waals surface area (Å²) in [6.45, 7) is 5.08. The number of likely N-dealkylation sites (N-methyl/N-ethyl adjacent to an activating group) is 1. The van der Waals surface area contributed by atoms with Crippen LogP contribution in [0.2, 0.25) is 0 Å². The van der Waals surface area contributed by atoms with Crippen molar-refractivity contribution in [2.24, 2.45) is 0 Å². The zero-order valence-corrected chi connectivity index (χ0v) is 12.8. The van der Waals surface area contributed by atoms with Crippen molar-refractivity contribution >= 4 is 0 Å². The van der Waals surface area contributed by atoms with Crippen LogP contribution in [0.3, 0.4) is 0 Å². The Morgan fingerprint density at radius 2 is 2.05 bits per heavy atom. The van der Waals surface area contributed by atoms with E-state index < -0.39 is 0 Å². The van der Waals surface area contributed by atoms with Gasteiger partial charge in [-0.1, -0.05) is 18.2 Å². The summed E-state index contributed by atoms with van der Waals surface area (Å²) < 4.78 is 7.40. The quantitative estimate of drug-likeness (QED) is 0.887. The van der Waals surface area contributed by atoms with Crippen molar-refractivity contribution in [2.45, 2.75) is 26.4 Å². The highest BCUT2D eigenvalue weighted by Crippen LogP contribution is 2.25. The predicted octanol–water partition coefficient (Wildman–Crippen LogP) is 2.52. The van der Waals surface area contributed by atoms with Crippen LogP contribution in [0.5, 0.6) is 5.75 Å². The van der Waals surface area contributed by atoms with Gasteiger partial charge in [-0.2, -0.15) is 0 Å². The number of benzene rings is 1. The second kappa shape index (κ2) is 7.09. The summed E-state index contributed by atoms with van der Waals surface area (Å²) in [6, 6.07) is 11.6. The number of nitrogens with one attached hydrogen (secondary N) is 1. The number of pyridine rings is 1. The van der Waals surface area contributed by atoms with Crippen molar-refractivity contribution < 1.29 is 4.74 Å². The minimum Gasteiger partial charge on any atom is -0.494 e. The van der Waals surface area contributed by atoms with Gasteiger partial charge in [-0.05, 0) is 38.6 Å². The van der Waals surface area contributed by atoms with Crippen LogP contribution in [0.4, 0.5) is 0 Å². The maximum absolute atomic E-state index is 12.0. The Balaban J connectivity index is 2.30. The molecule has 0 aliphatic heterocycles. The largest absolute Gasteiger partial charge is 0.494 e. The molecule has 1 N–H and O–H groups in total. The molecular weight excluding hydrogens is 264 g/mol. The Kier molecular flexibility index (Phi) is 5.17. The molecule has 1 aromatic carbocycles. The molecular formula is C17H22N2O2. The molecule has 0 saturated heterocycles. The van der Waals surface area contributed by atoms with Crippen molar-refractivity contribution in [1.29, 1.82) is 0 Å². The molecule has 0 amide bonds. The van der Waals surface area contributed by atoms with Crippen LogP contribution in [-0.2, 0) is 6.54 Å². The molecule has 2 aromatic rings. The smallest absolute Gasteiger partial charge is 0.250 e. The first kappa shape index (κ1) is 15.3. The van der Waals surface area contributed by atoms with Gasteiger partial charge in [0.05, 0.1) is 12.6 Å². The molecule has 0 bridgehead atoms. The Labute approximate surface area is 125 Å². The number of hydrogen-bond donors (Lipinski definition) is 1. The fraction of sp³-hybridized carbons (Fsp3) is 0.353. The van der Waals surface area contributed by atoms with E-state index in [0.29, 0.717) is 13.2 Å². The predicted molar refractivity (Wildman–Crippen MR) is 84.9 cm³/mol. The van der Waals surface area contributed by atoms with E-state index in [4.69, 9.17) is 4.74 Å². The van der Waals surface area contributed by atoms with E-state index in [1.807, 2.05) is 57.4 Å². The molecule has 0 spiro atoms. The van der Waals surface area contributed by atoms with Crippen LogP contribution in [0, 0.1) is 6.92 Å². The Morgan fingerprint density at radius 1 is 1.29 bits per heavy atom. The lowest BCUT2D eigenvalue weighted by molar-refractivity contribution is 0.329. The molecule has 1 unspecified atom stereocenters. The van der Waals surface area contributed by atoms with Gasteiger partial charge in [0, 0.05) is 24.4 Å². The molecule has 21 heavy (non-hydrogen) atoms. The van der Waals surface area contributed by atoms with Crippen LogP contribution in [0.1, 0.15) is 24.1 Å². The van der Waals surface area contributed by atoms with Gasteiger partial charge in [0.2, 0.25) is 0 Å². The molecule has 0 fully saturated rings. The minimum absolute atomic E-state index is 0.0177. The molecule has 1 atom stereocenters. The van der Waals surface area contributed by atoms with Gasteiger partial charge in [-0.3, -0.25) is 4.79 Å². The van der Waals surface area contributed by atoms with Crippen LogP contribution >= 0.6 is 0 Å². The number of aromatic nitrogens is 1. The summed E-state index contributed by atoms with van der Waals surface area (Å²) >= 11 is 0. The van der Waals surface area contributed by atoms with Crippen LogP contribution in [-0.4, -0.2) is 18.2 Å². The second-order valence-electron chi connectivity index (χ2n) is 5.01. The lowest BCUT2D eigenvalue weighted by Gasteiger charge is -2.21. The van der Waals surface area contributed by atoms with Crippen LogP contribution < -0.4 is 15.6 Å². The van der Waals surface area contributed by atoms with E-state index in [2.05, 4.69) is 5.32 Å². The van der Waals surface area contributed by atoms with Crippen LogP contribution in [0.15, 0.2) is 47.4 Å². The van der Waals surface area contributed by atoms with E-state index in [1.165, 1.54) is 0 Å². The number of para-hydroxylation sites is 1. The summed E-state index contributed by atoms with van der Waals surface area (Å²) in [5, 5.41) is 3.27. The number of nitrogens with zero attached hydrogens (tertiary/aromatic N) is 1. The third-order valence-electron chi connectivity index (χ3n) is 3.47. The lowest BCUT2D eigenvalue weighted by Crippen LogP contribution is -2.28. The zero-order chi connectivity index (χ0) is 15.2. The minimum atomic E-state index is 0.0177. The standard InChI is InChI=1S/C17H22N2O2/c1-4-21-16-8-6-5-7-14(16)15(18-3)12-19-10-9-13(2)11-17(19)20/h5-11,15,18H,4,12H2,1-3H3. The molecule has 4 heteroatoms. The number of rotatable bonds is 6. The molecule has 0 aliphatic rings. The van der Waals surface area contributed by atoms with Gasteiger partial charge in [-0.15, -0.1) is 0 Å². The maximum atomic E-state index is 12.0.